The normalized spacial score (nSPS) is 11.4. The Labute approximate surface area is 137 Å². The summed E-state index contributed by atoms with van der Waals surface area (Å²) in [5.74, 6) is 0. The fraction of sp³-hybridized carbons (Fsp3) is 0.143. The summed E-state index contributed by atoms with van der Waals surface area (Å²) in [6.07, 6.45) is 0. The minimum atomic E-state index is -3.71. The average Bonchev–Trinajstić information content (AvgIpc) is 2.43. The molecule has 2 aromatic carbocycles. The molecule has 112 valence electrons. The number of halogens is 2. The number of nitrogens with two attached hydrogens (primary N) is 1. The third-order valence-corrected chi connectivity index (χ3v) is 5.21. The molecule has 4 nitrogen and oxygen atoms in total. The SMILES string of the molecule is Cc1ccc(S(=O)(=O)Nc2cc(Br)ccc2Cl)cc1CN. The van der Waals surface area contributed by atoms with Crippen LogP contribution >= 0.6 is 27.5 Å². The maximum absolute atomic E-state index is 12.4. The Bertz CT molecular complexity index is 779. The second-order valence-corrected chi connectivity index (χ2v) is 7.53. The molecular formula is C14H14BrClN2O2S. The molecule has 7 heteroatoms. The summed E-state index contributed by atoms with van der Waals surface area (Å²) < 4.78 is 28.1. The largest absolute Gasteiger partial charge is 0.326 e. The highest BCUT2D eigenvalue weighted by molar-refractivity contribution is 9.10. The summed E-state index contributed by atoms with van der Waals surface area (Å²) >= 11 is 9.29. The van der Waals surface area contributed by atoms with Crippen molar-refractivity contribution in [3.05, 3.63) is 57.0 Å². The average molecular weight is 390 g/mol. The maximum atomic E-state index is 12.4. The van der Waals surface area contributed by atoms with Crippen LogP contribution in [0.1, 0.15) is 11.1 Å². The lowest BCUT2D eigenvalue weighted by Crippen LogP contribution is -2.14. The molecule has 0 saturated heterocycles. The van der Waals surface area contributed by atoms with E-state index in [0.717, 1.165) is 15.6 Å². The Balaban J connectivity index is 2.41. The number of sulfonamides is 1. The van der Waals surface area contributed by atoms with Crippen molar-refractivity contribution in [3.63, 3.8) is 0 Å². The van der Waals surface area contributed by atoms with Gasteiger partial charge >= 0.3 is 0 Å². The molecular weight excluding hydrogens is 376 g/mol. The third-order valence-electron chi connectivity index (χ3n) is 3.02. The predicted molar refractivity (Wildman–Crippen MR) is 89.0 cm³/mol. The van der Waals surface area contributed by atoms with Gasteiger partial charge in [-0.25, -0.2) is 8.42 Å². The minimum Gasteiger partial charge on any atom is -0.326 e. The highest BCUT2D eigenvalue weighted by atomic mass is 79.9. The lowest BCUT2D eigenvalue weighted by molar-refractivity contribution is 0.601. The van der Waals surface area contributed by atoms with Gasteiger partial charge in [0.1, 0.15) is 0 Å². The third kappa shape index (κ3) is 3.77. The first-order valence-corrected chi connectivity index (χ1v) is 8.76. The Morgan fingerprint density at radius 3 is 2.62 bits per heavy atom. The van der Waals surface area contributed by atoms with Crippen LogP contribution in [0.5, 0.6) is 0 Å². The first-order valence-electron chi connectivity index (χ1n) is 6.11. The second-order valence-electron chi connectivity index (χ2n) is 4.52. The van der Waals surface area contributed by atoms with E-state index in [9.17, 15) is 8.42 Å². The van der Waals surface area contributed by atoms with Crippen molar-refractivity contribution in [2.45, 2.75) is 18.4 Å². The van der Waals surface area contributed by atoms with Gasteiger partial charge in [0, 0.05) is 11.0 Å². The minimum absolute atomic E-state index is 0.157. The Hall–Kier alpha value is -1.08. The summed E-state index contributed by atoms with van der Waals surface area (Å²) in [5.41, 5.74) is 7.68. The number of rotatable bonds is 4. The zero-order valence-electron chi connectivity index (χ0n) is 11.2. The molecule has 0 heterocycles. The molecule has 3 N–H and O–H groups in total. The molecule has 0 amide bonds. The molecule has 0 atom stereocenters. The Kier molecular flexibility index (Phi) is 4.93. The smallest absolute Gasteiger partial charge is 0.261 e. The monoisotopic (exact) mass is 388 g/mol. The number of hydrogen-bond donors (Lipinski definition) is 2. The Morgan fingerprint density at radius 1 is 1.24 bits per heavy atom. The molecule has 0 aliphatic carbocycles. The van der Waals surface area contributed by atoms with E-state index < -0.39 is 10.0 Å². The van der Waals surface area contributed by atoms with E-state index in [0.29, 0.717) is 10.7 Å². The lowest BCUT2D eigenvalue weighted by atomic mass is 10.1. The quantitative estimate of drug-likeness (QED) is 0.838. The summed E-state index contributed by atoms with van der Waals surface area (Å²) in [6.45, 7) is 2.17. The van der Waals surface area contributed by atoms with Crippen LogP contribution in [0, 0.1) is 6.92 Å². The van der Waals surface area contributed by atoms with E-state index in [-0.39, 0.29) is 11.4 Å². The van der Waals surface area contributed by atoms with Crippen LogP contribution in [-0.4, -0.2) is 8.42 Å². The van der Waals surface area contributed by atoms with E-state index in [1.807, 2.05) is 6.92 Å². The number of nitrogens with one attached hydrogen (secondary N) is 1. The van der Waals surface area contributed by atoms with Crippen molar-refractivity contribution in [1.29, 1.82) is 0 Å². The number of aryl methyl sites for hydroxylation is 1. The van der Waals surface area contributed by atoms with Gasteiger partial charge in [-0.15, -0.1) is 0 Å². The van der Waals surface area contributed by atoms with Gasteiger partial charge in [0.15, 0.2) is 0 Å². The topological polar surface area (TPSA) is 72.2 Å². The summed E-state index contributed by atoms with van der Waals surface area (Å²) in [5, 5.41) is 0.327. The van der Waals surface area contributed by atoms with E-state index in [2.05, 4.69) is 20.7 Å². The van der Waals surface area contributed by atoms with Crippen LogP contribution in [0.3, 0.4) is 0 Å². The summed E-state index contributed by atoms with van der Waals surface area (Å²) in [4.78, 5) is 0.157. The fourth-order valence-electron chi connectivity index (χ4n) is 1.81. The van der Waals surface area contributed by atoms with Crippen LogP contribution < -0.4 is 10.5 Å². The standard InChI is InChI=1S/C14H14BrClN2O2S/c1-9-2-4-12(6-10(9)8-17)21(19,20)18-14-7-11(15)3-5-13(14)16/h2-7,18H,8,17H2,1H3. The number of hydrogen-bond acceptors (Lipinski definition) is 3. The first kappa shape index (κ1) is 16.3. The van der Waals surface area contributed by atoms with Crippen LogP contribution in [-0.2, 0) is 16.6 Å². The molecule has 2 aromatic rings. The van der Waals surface area contributed by atoms with Gasteiger partial charge in [-0.05, 0) is 48.4 Å². The first-order chi connectivity index (χ1) is 9.83. The molecule has 0 unspecified atom stereocenters. The fourth-order valence-corrected chi connectivity index (χ4v) is 3.52. The summed E-state index contributed by atoms with van der Waals surface area (Å²) in [7, 11) is -3.71. The van der Waals surface area contributed by atoms with Crippen LogP contribution in [0.25, 0.3) is 0 Å². The van der Waals surface area contributed by atoms with Gasteiger partial charge in [-0.1, -0.05) is 33.6 Å². The van der Waals surface area contributed by atoms with Crippen molar-refractivity contribution in [2.24, 2.45) is 5.73 Å². The molecule has 0 bridgehead atoms. The van der Waals surface area contributed by atoms with Gasteiger partial charge in [-0.2, -0.15) is 0 Å². The zero-order valence-corrected chi connectivity index (χ0v) is 14.4. The van der Waals surface area contributed by atoms with E-state index in [4.69, 9.17) is 17.3 Å². The van der Waals surface area contributed by atoms with Crippen molar-refractivity contribution in [1.82, 2.24) is 0 Å². The molecule has 0 aliphatic rings. The van der Waals surface area contributed by atoms with Crippen molar-refractivity contribution >= 4 is 43.2 Å². The summed E-state index contributed by atoms with van der Waals surface area (Å²) in [6, 6.07) is 9.81. The highest BCUT2D eigenvalue weighted by Gasteiger charge is 2.17. The van der Waals surface area contributed by atoms with Gasteiger partial charge in [-0.3, -0.25) is 4.72 Å². The molecule has 0 saturated carbocycles. The van der Waals surface area contributed by atoms with Gasteiger partial charge < -0.3 is 5.73 Å². The molecule has 0 fully saturated rings. The number of benzene rings is 2. The molecule has 2 rings (SSSR count). The molecule has 0 aromatic heterocycles. The Morgan fingerprint density at radius 2 is 1.95 bits per heavy atom. The molecule has 0 spiro atoms. The van der Waals surface area contributed by atoms with E-state index in [1.165, 1.54) is 0 Å². The highest BCUT2D eigenvalue weighted by Crippen LogP contribution is 2.28. The molecule has 0 radical (unpaired) electrons. The van der Waals surface area contributed by atoms with Gasteiger partial charge in [0.2, 0.25) is 0 Å². The maximum Gasteiger partial charge on any atom is 0.261 e. The van der Waals surface area contributed by atoms with Gasteiger partial charge in [0.25, 0.3) is 10.0 Å². The zero-order chi connectivity index (χ0) is 15.6. The number of anilines is 1. The van der Waals surface area contributed by atoms with E-state index >= 15 is 0 Å². The van der Waals surface area contributed by atoms with Gasteiger partial charge in [0.05, 0.1) is 15.6 Å². The second kappa shape index (κ2) is 6.36. The lowest BCUT2D eigenvalue weighted by Gasteiger charge is -2.12. The van der Waals surface area contributed by atoms with Crippen LogP contribution in [0.15, 0.2) is 45.8 Å². The predicted octanol–water partition coefficient (Wildman–Crippen LogP) is 3.67. The van der Waals surface area contributed by atoms with Crippen molar-refractivity contribution < 1.29 is 8.42 Å². The van der Waals surface area contributed by atoms with E-state index in [1.54, 1.807) is 36.4 Å². The van der Waals surface area contributed by atoms with Crippen molar-refractivity contribution in [3.8, 4) is 0 Å². The molecule has 21 heavy (non-hydrogen) atoms. The molecule has 0 aliphatic heterocycles. The van der Waals surface area contributed by atoms with Crippen molar-refractivity contribution in [2.75, 3.05) is 4.72 Å². The van der Waals surface area contributed by atoms with Crippen LogP contribution in [0.4, 0.5) is 5.69 Å². The van der Waals surface area contributed by atoms with Crippen LogP contribution in [0.2, 0.25) is 5.02 Å².